The van der Waals surface area contributed by atoms with Gasteiger partial charge < -0.3 is 4.74 Å². The molecule has 0 aromatic heterocycles. The van der Waals surface area contributed by atoms with Crippen LogP contribution in [0.2, 0.25) is 0 Å². The van der Waals surface area contributed by atoms with Gasteiger partial charge in [0.1, 0.15) is 0 Å². The summed E-state index contributed by atoms with van der Waals surface area (Å²) in [5, 5.41) is 8.62. The molecule has 13 heavy (non-hydrogen) atoms. The second-order valence-electron chi connectivity index (χ2n) is 3.60. The highest BCUT2D eigenvalue weighted by molar-refractivity contribution is 5.76. The Hall–Kier alpha value is -1.30. The molecule has 1 unspecified atom stereocenters. The molecule has 0 amide bonds. The Bertz CT molecular complexity index is 288. The maximum Gasteiger partial charge on any atom is 0.311 e. The predicted molar refractivity (Wildman–Crippen MR) is 47.7 cm³/mol. The Balaban J connectivity index is 2.73. The largest absolute Gasteiger partial charge is 0.469 e. The standard InChI is InChI=1S/C10H13NO2/c1-10(9(12)13-2)5-3-8(7-11)4-6-10/h3H,4-6H2,1-2H3. The number of methoxy groups -OCH3 is 1. The number of carbonyl (C=O) groups excluding carboxylic acids is 1. The van der Waals surface area contributed by atoms with Crippen LogP contribution in [0.25, 0.3) is 0 Å². The summed E-state index contributed by atoms with van der Waals surface area (Å²) in [7, 11) is 1.40. The minimum absolute atomic E-state index is 0.180. The van der Waals surface area contributed by atoms with Crippen molar-refractivity contribution in [1.29, 1.82) is 5.26 Å². The number of rotatable bonds is 1. The molecule has 0 radical (unpaired) electrons. The molecule has 3 nitrogen and oxygen atoms in total. The summed E-state index contributed by atoms with van der Waals surface area (Å²) in [6.45, 7) is 1.88. The third-order valence-corrected chi connectivity index (χ3v) is 2.57. The number of carbonyl (C=O) groups is 1. The van der Waals surface area contributed by atoms with Crippen molar-refractivity contribution in [2.45, 2.75) is 26.2 Å². The van der Waals surface area contributed by atoms with E-state index in [1.165, 1.54) is 7.11 Å². The van der Waals surface area contributed by atoms with Crippen LogP contribution in [0.3, 0.4) is 0 Å². The first-order chi connectivity index (χ1) is 6.12. The van der Waals surface area contributed by atoms with Crippen molar-refractivity contribution in [3.63, 3.8) is 0 Å². The number of ether oxygens (including phenoxy) is 1. The zero-order valence-electron chi connectivity index (χ0n) is 7.96. The van der Waals surface area contributed by atoms with Crippen LogP contribution in [-0.4, -0.2) is 13.1 Å². The van der Waals surface area contributed by atoms with Crippen molar-refractivity contribution in [3.8, 4) is 6.07 Å². The summed E-state index contributed by atoms with van der Waals surface area (Å²) in [4.78, 5) is 11.3. The number of nitriles is 1. The first kappa shape index (κ1) is 9.79. The van der Waals surface area contributed by atoms with Gasteiger partial charge in [-0.25, -0.2) is 0 Å². The van der Waals surface area contributed by atoms with Crippen molar-refractivity contribution in [2.24, 2.45) is 5.41 Å². The average Bonchev–Trinajstić information content (AvgIpc) is 2.18. The fourth-order valence-electron chi connectivity index (χ4n) is 1.50. The monoisotopic (exact) mass is 179 g/mol. The molecule has 0 bridgehead atoms. The highest BCUT2D eigenvalue weighted by Gasteiger charge is 2.35. The van der Waals surface area contributed by atoms with E-state index in [2.05, 4.69) is 6.07 Å². The lowest BCUT2D eigenvalue weighted by molar-refractivity contribution is -0.152. The van der Waals surface area contributed by atoms with Crippen LogP contribution < -0.4 is 0 Å². The van der Waals surface area contributed by atoms with Gasteiger partial charge in [0.25, 0.3) is 0 Å². The smallest absolute Gasteiger partial charge is 0.311 e. The van der Waals surface area contributed by atoms with Crippen LogP contribution in [0, 0.1) is 16.7 Å². The minimum atomic E-state index is -0.422. The lowest BCUT2D eigenvalue weighted by Crippen LogP contribution is -2.30. The van der Waals surface area contributed by atoms with Crippen molar-refractivity contribution in [1.82, 2.24) is 0 Å². The molecule has 0 fully saturated rings. The van der Waals surface area contributed by atoms with Gasteiger partial charge in [-0.2, -0.15) is 5.26 Å². The fraction of sp³-hybridized carbons (Fsp3) is 0.600. The van der Waals surface area contributed by atoms with Crippen molar-refractivity contribution in [2.75, 3.05) is 7.11 Å². The molecular formula is C10H13NO2. The molecule has 0 saturated heterocycles. The Morgan fingerprint density at radius 1 is 1.77 bits per heavy atom. The number of nitrogens with zero attached hydrogens (tertiary/aromatic N) is 1. The maximum atomic E-state index is 11.3. The molecule has 0 aliphatic heterocycles. The van der Waals surface area contributed by atoms with E-state index in [-0.39, 0.29) is 5.97 Å². The normalized spacial score (nSPS) is 27.3. The Morgan fingerprint density at radius 3 is 2.85 bits per heavy atom. The topological polar surface area (TPSA) is 50.1 Å². The molecule has 1 rings (SSSR count). The Morgan fingerprint density at radius 2 is 2.46 bits per heavy atom. The second-order valence-corrected chi connectivity index (χ2v) is 3.60. The van der Waals surface area contributed by atoms with E-state index in [0.29, 0.717) is 19.3 Å². The van der Waals surface area contributed by atoms with Crippen molar-refractivity contribution >= 4 is 5.97 Å². The number of hydrogen-bond acceptors (Lipinski definition) is 3. The first-order valence-corrected chi connectivity index (χ1v) is 4.30. The molecule has 1 atom stereocenters. The molecule has 1 aliphatic carbocycles. The fourth-order valence-corrected chi connectivity index (χ4v) is 1.50. The Labute approximate surface area is 78.0 Å². The number of hydrogen-bond donors (Lipinski definition) is 0. The molecule has 0 heterocycles. The molecule has 0 spiro atoms. The summed E-state index contributed by atoms with van der Waals surface area (Å²) in [6, 6.07) is 2.11. The molecule has 0 saturated carbocycles. The molecular weight excluding hydrogens is 166 g/mol. The van der Waals surface area contributed by atoms with Crippen LogP contribution in [-0.2, 0) is 9.53 Å². The minimum Gasteiger partial charge on any atom is -0.469 e. The van der Waals surface area contributed by atoms with Gasteiger partial charge in [0.2, 0.25) is 0 Å². The zero-order chi connectivity index (χ0) is 9.90. The van der Waals surface area contributed by atoms with E-state index in [0.717, 1.165) is 5.57 Å². The molecule has 0 N–H and O–H groups in total. The van der Waals surface area contributed by atoms with Crippen LogP contribution in [0.15, 0.2) is 11.6 Å². The predicted octanol–water partition coefficient (Wildman–Crippen LogP) is 1.80. The lowest BCUT2D eigenvalue weighted by atomic mass is 9.77. The SMILES string of the molecule is COC(=O)C1(C)CC=C(C#N)CC1. The average molecular weight is 179 g/mol. The highest BCUT2D eigenvalue weighted by atomic mass is 16.5. The second kappa shape index (κ2) is 3.61. The van der Waals surface area contributed by atoms with Gasteiger partial charge in [-0.15, -0.1) is 0 Å². The van der Waals surface area contributed by atoms with E-state index < -0.39 is 5.41 Å². The summed E-state index contributed by atoms with van der Waals surface area (Å²) < 4.78 is 4.71. The first-order valence-electron chi connectivity index (χ1n) is 4.30. The van der Waals surface area contributed by atoms with E-state index in [4.69, 9.17) is 10.00 Å². The van der Waals surface area contributed by atoms with Crippen LogP contribution in [0.5, 0.6) is 0 Å². The molecule has 0 aromatic carbocycles. The van der Waals surface area contributed by atoms with Crippen LogP contribution in [0.4, 0.5) is 0 Å². The summed E-state index contributed by atoms with van der Waals surface area (Å²) >= 11 is 0. The van der Waals surface area contributed by atoms with Gasteiger partial charge >= 0.3 is 5.97 Å². The van der Waals surface area contributed by atoms with E-state index in [9.17, 15) is 4.79 Å². The van der Waals surface area contributed by atoms with E-state index in [1.54, 1.807) is 0 Å². The highest BCUT2D eigenvalue weighted by Crippen LogP contribution is 2.35. The molecule has 0 aromatic rings. The Kier molecular flexibility index (Phi) is 2.72. The zero-order valence-corrected chi connectivity index (χ0v) is 7.96. The van der Waals surface area contributed by atoms with Crippen LogP contribution in [0.1, 0.15) is 26.2 Å². The van der Waals surface area contributed by atoms with Gasteiger partial charge in [0.15, 0.2) is 0 Å². The number of esters is 1. The van der Waals surface area contributed by atoms with Gasteiger partial charge in [-0.1, -0.05) is 6.08 Å². The quantitative estimate of drug-likeness (QED) is 0.577. The third kappa shape index (κ3) is 1.89. The van der Waals surface area contributed by atoms with Gasteiger partial charge in [0.05, 0.1) is 18.6 Å². The van der Waals surface area contributed by atoms with Gasteiger partial charge in [0, 0.05) is 5.57 Å². The molecule has 70 valence electrons. The van der Waals surface area contributed by atoms with Gasteiger partial charge in [-0.05, 0) is 26.2 Å². The molecule has 1 aliphatic rings. The van der Waals surface area contributed by atoms with Crippen molar-refractivity contribution in [3.05, 3.63) is 11.6 Å². The lowest BCUT2D eigenvalue weighted by Gasteiger charge is -2.28. The molecule has 3 heteroatoms. The summed E-state index contributed by atoms with van der Waals surface area (Å²) in [5.41, 5.74) is 0.358. The van der Waals surface area contributed by atoms with Crippen molar-refractivity contribution < 1.29 is 9.53 Å². The maximum absolute atomic E-state index is 11.3. The number of allylic oxidation sites excluding steroid dienone is 2. The van der Waals surface area contributed by atoms with Crippen LogP contribution >= 0.6 is 0 Å². The summed E-state index contributed by atoms with van der Waals surface area (Å²) in [6.07, 6.45) is 3.84. The van der Waals surface area contributed by atoms with E-state index in [1.807, 2.05) is 13.0 Å². The van der Waals surface area contributed by atoms with E-state index >= 15 is 0 Å². The summed E-state index contributed by atoms with van der Waals surface area (Å²) in [5.74, 6) is -0.180. The van der Waals surface area contributed by atoms with Gasteiger partial charge in [-0.3, -0.25) is 4.79 Å². The third-order valence-electron chi connectivity index (χ3n) is 2.57.